The molecule has 1 N–H and O–H groups in total. The van der Waals surface area contributed by atoms with Gasteiger partial charge in [-0.3, -0.25) is 14.5 Å². The molecule has 2 aromatic rings. The van der Waals surface area contributed by atoms with E-state index in [0.717, 1.165) is 37.1 Å². The molecule has 3 rings (SSSR count). The van der Waals surface area contributed by atoms with Gasteiger partial charge in [0.15, 0.2) is 0 Å². The number of carbonyl (C=O) groups is 1. The van der Waals surface area contributed by atoms with Crippen molar-refractivity contribution in [3.8, 4) is 0 Å². The van der Waals surface area contributed by atoms with E-state index in [1.54, 1.807) is 0 Å². The fourth-order valence-corrected chi connectivity index (χ4v) is 3.45. The molecule has 1 aliphatic rings. The number of rotatable bonds is 4. The van der Waals surface area contributed by atoms with Crippen molar-refractivity contribution in [2.45, 2.75) is 32.7 Å². The van der Waals surface area contributed by atoms with Crippen LogP contribution in [-0.4, -0.2) is 52.9 Å². The van der Waals surface area contributed by atoms with E-state index in [2.05, 4.69) is 23.7 Å². The smallest absolute Gasteiger partial charge is 0.251 e. The number of nitrogens with one attached hydrogen (secondary N) is 1. The largest absolute Gasteiger partial charge is 0.337 e. The van der Waals surface area contributed by atoms with Gasteiger partial charge in [-0.05, 0) is 37.4 Å². The lowest BCUT2D eigenvalue weighted by molar-refractivity contribution is -0.135. The number of aryl methyl sites for hydroxylation is 1. The monoisotopic (exact) mass is 327 g/mol. The molecule has 1 fully saturated rings. The third kappa shape index (κ3) is 3.51. The lowest BCUT2D eigenvalue weighted by Crippen LogP contribution is -2.53. The van der Waals surface area contributed by atoms with Crippen LogP contribution in [0.1, 0.15) is 25.8 Å². The second-order valence-corrected chi connectivity index (χ2v) is 6.54. The van der Waals surface area contributed by atoms with E-state index in [0.29, 0.717) is 18.4 Å². The number of likely N-dealkylation sites (N-methyl/N-ethyl adjacent to an activating group) is 1. The first kappa shape index (κ1) is 16.7. The maximum Gasteiger partial charge on any atom is 0.251 e. The van der Waals surface area contributed by atoms with Gasteiger partial charge >= 0.3 is 0 Å². The van der Waals surface area contributed by atoms with E-state index in [9.17, 15) is 9.59 Å². The van der Waals surface area contributed by atoms with Crippen LogP contribution in [0.5, 0.6) is 0 Å². The topological polar surface area (TPSA) is 56.4 Å². The molecule has 1 aromatic heterocycles. The number of benzene rings is 1. The maximum atomic E-state index is 12.5. The van der Waals surface area contributed by atoms with Gasteiger partial charge in [0.1, 0.15) is 0 Å². The molecule has 5 nitrogen and oxygen atoms in total. The maximum absolute atomic E-state index is 12.5. The van der Waals surface area contributed by atoms with Crippen LogP contribution in [0.25, 0.3) is 10.9 Å². The fraction of sp³-hybridized carbons (Fsp3) is 0.474. The van der Waals surface area contributed by atoms with Crippen molar-refractivity contribution in [3.05, 3.63) is 46.2 Å². The number of hydrogen-bond donors (Lipinski definition) is 1. The van der Waals surface area contributed by atoms with Gasteiger partial charge < -0.3 is 9.88 Å². The van der Waals surface area contributed by atoms with Crippen molar-refractivity contribution in [2.24, 2.45) is 0 Å². The summed E-state index contributed by atoms with van der Waals surface area (Å²) in [6.07, 6.45) is 0.873. The highest BCUT2D eigenvalue weighted by Gasteiger charge is 2.26. The molecule has 0 radical (unpaired) electrons. The van der Waals surface area contributed by atoms with Crippen LogP contribution in [-0.2, 0) is 11.2 Å². The zero-order chi connectivity index (χ0) is 17.1. The molecule has 0 bridgehead atoms. The summed E-state index contributed by atoms with van der Waals surface area (Å²) in [6.45, 7) is 7.92. The third-order valence-corrected chi connectivity index (χ3v) is 4.92. The van der Waals surface area contributed by atoms with Gasteiger partial charge in [-0.15, -0.1) is 0 Å². The van der Waals surface area contributed by atoms with Crippen LogP contribution in [0.15, 0.2) is 35.1 Å². The van der Waals surface area contributed by atoms with E-state index in [4.69, 9.17) is 0 Å². The number of H-pyrrole nitrogens is 1. The average molecular weight is 327 g/mol. The zero-order valence-corrected chi connectivity index (χ0v) is 14.4. The van der Waals surface area contributed by atoms with Crippen molar-refractivity contribution in [3.63, 3.8) is 0 Å². The van der Waals surface area contributed by atoms with E-state index in [-0.39, 0.29) is 17.5 Å². The highest BCUT2D eigenvalue weighted by atomic mass is 16.2. The minimum Gasteiger partial charge on any atom is -0.337 e. The molecular formula is C19H25N3O2. The van der Waals surface area contributed by atoms with E-state index < -0.39 is 0 Å². The quantitative estimate of drug-likeness (QED) is 0.935. The molecule has 0 aliphatic carbocycles. The lowest BCUT2D eigenvalue weighted by Gasteiger charge is -2.39. The molecule has 1 amide bonds. The summed E-state index contributed by atoms with van der Waals surface area (Å²) < 4.78 is 0. The predicted molar refractivity (Wildman–Crippen MR) is 96.2 cm³/mol. The molecular weight excluding hydrogens is 302 g/mol. The summed E-state index contributed by atoms with van der Waals surface area (Å²) >= 11 is 0. The number of pyridine rings is 1. The third-order valence-electron chi connectivity index (χ3n) is 4.92. The van der Waals surface area contributed by atoms with Gasteiger partial charge in [-0.2, -0.15) is 0 Å². The molecule has 2 heterocycles. The Hall–Kier alpha value is -2.14. The second-order valence-electron chi connectivity index (χ2n) is 6.54. The average Bonchev–Trinajstić information content (AvgIpc) is 2.59. The summed E-state index contributed by atoms with van der Waals surface area (Å²) in [6, 6.07) is 9.85. The van der Waals surface area contributed by atoms with Crippen molar-refractivity contribution < 1.29 is 4.79 Å². The van der Waals surface area contributed by atoms with Crippen LogP contribution in [0.3, 0.4) is 0 Å². The summed E-state index contributed by atoms with van der Waals surface area (Å²) in [5.41, 5.74) is 1.43. The van der Waals surface area contributed by atoms with Crippen molar-refractivity contribution in [1.29, 1.82) is 0 Å². The van der Waals surface area contributed by atoms with Gasteiger partial charge in [0.05, 0.1) is 0 Å². The Labute approximate surface area is 142 Å². The number of aromatic nitrogens is 1. The van der Waals surface area contributed by atoms with E-state index in [1.807, 2.05) is 35.2 Å². The van der Waals surface area contributed by atoms with Crippen LogP contribution in [0.2, 0.25) is 0 Å². The van der Waals surface area contributed by atoms with Crippen molar-refractivity contribution in [1.82, 2.24) is 14.8 Å². The Balaban J connectivity index is 1.66. The van der Waals surface area contributed by atoms with Crippen molar-refractivity contribution in [2.75, 3.05) is 26.2 Å². The molecule has 1 aliphatic heterocycles. The highest BCUT2D eigenvalue weighted by molar-refractivity contribution is 5.79. The molecule has 128 valence electrons. The highest BCUT2D eigenvalue weighted by Crippen LogP contribution is 2.14. The van der Waals surface area contributed by atoms with Gasteiger partial charge in [0.2, 0.25) is 5.91 Å². The molecule has 1 atom stereocenters. The Kier molecular flexibility index (Phi) is 5.00. The predicted octanol–water partition coefficient (Wildman–Crippen LogP) is 2.01. The number of nitrogens with zero attached hydrogens (tertiary/aromatic N) is 2. The number of carbonyl (C=O) groups excluding carboxylic acids is 1. The zero-order valence-electron chi connectivity index (χ0n) is 14.4. The lowest BCUT2D eigenvalue weighted by atomic mass is 10.1. The first-order chi connectivity index (χ1) is 11.6. The number of aromatic amines is 1. The Morgan fingerprint density at radius 3 is 2.83 bits per heavy atom. The SMILES string of the molecule is CCN1CCN(C(=O)CCc2cc3ccccc3[nH]c2=O)[C@@H](C)C1. The Bertz CT molecular complexity index is 784. The summed E-state index contributed by atoms with van der Waals surface area (Å²) in [4.78, 5) is 31.9. The second kappa shape index (κ2) is 7.18. The molecule has 0 unspecified atom stereocenters. The summed E-state index contributed by atoms with van der Waals surface area (Å²) in [7, 11) is 0. The standard InChI is InChI=1S/C19H25N3O2/c1-3-21-10-11-22(14(2)13-21)18(23)9-8-16-12-15-6-4-5-7-17(15)20-19(16)24/h4-7,12,14H,3,8-11,13H2,1-2H3,(H,20,24)/t14-/m0/s1. The summed E-state index contributed by atoms with van der Waals surface area (Å²) in [5, 5.41) is 1.00. The number of hydrogen-bond acceptors (Lipinski definition) is 3. The molecule has 1 aromatic carbocycles. The molecule has 1 saturated heterocycles. The number of para-hydroxylation sites is 1. The van der Waals surface area contributed by atoms with Crippen molar-refractivity contribution >= 4 is 16.8 Å². The minimum atomic E-state index is -0.0923. The minimum absolute atomic E-state index is 0.0923. The van der Waals surface area contributed by atoms with Crippen LogP contribution >= 0.6 is 0 Å². The number of amides is 1. The number of fused-ring (bicyclic) bond motifs is 1. The summed E-state index contributed by atoms with van der Waals surface area (Å²) in [5.74, 6) is 0.144. The van der Waals surface area contributed by atoms with E-state index in [1.165, 1.54) is 0 Å². The Morgan fingerprint density at radius 2 is 2.08 bits per heavy atom. The van der Waals surface area contributed by atoms with E-state index >= 15 is 0 Å². The molecule has 0 saturated carbocycles. The molecule has 24 heavy (non-hydrogen) atoms. The first-order valence-electron chi connectivity index (χ1n) is 8.71. The van der Waals surface area contributed by atoms with Crippen LogP contribution in [0.4, 0.5) is 0 Å². The van der Waals surface area contributed by atoms with Crippen LogP contribution in [0, 0.1) is 0 Å². The molecule has 5 heteroatoms. The Morgan fingerprint density at radius 1 is 1.29 bits per heavy atom. The number of piperazine rings is 1. The fourth-order valence-electron chi connectivity index (χ4n) is 3.45. The van der Waals surface area contributed by atoms with Gasteiger partial charge in [-0.1, -0.05) is 25.1 Å². The normalized spacial score (nSPS) is 18.9. The molecule has 0 spiro atoms. The van der Waals surface area contributed by atoms with Gasteiger partial charge in [-0.25, -0.2) is 0 Å². The van der Waals surface area contributed by atoms with Crippen LogP contribution < -0.4 is 5.56 Å². The first-order valence-corrected chi connectivity index (χ1v) is 8.71. The van der Waals surface area contributed by atoms with Gasteiger partial charge in [0, 0.05) is 43.2 Å². The van der Waals surface area contributed by atoms with Gasteiger partial charge in [0.25, 0.3) is 5.56 Å².